The van der Waals surface area contributed by atoms with Crippen LogP contribution in [0.3, 0.4) is 0 Å². The molecule has 2 rings (SSSR count). The van der Waals surface area contributed by atoms with Crippen LogP contribution in [0.1, 0.15) is 44.7 Å². The molecule has 0 saturated heterocycles. The van der Waals surface area contributed by atoms with Crippen molar-refractivity contribution in [2.24, 2.45) is 5.92 Å². The Hall–Kier alpha value is -1.02. The lowest BCUT2D eigenvalue weighted by Crippen LogP contribution is -2.27. The van der Waals surface area contributed by atoms with Crippen LogP contribution in [0, 0.1) is 5.92 Å². The van der Waals surface area contributed by atoms with Crippen LogP contribution in [0.25, 0.3) is 0 Å². The molecule has 2 unspecified atom stereocenters. The first-order valence-corrected chi connectivity index (χ1v) is 7.67. The average Bonchev–Trinajstić information content (AvgIpc) is 2.83. The third-order valence-electron chi connectivity index (χ3n) is 3.99. The lowest BCUT2D eigenvalue weighted by atomic mass is 9.94. The first-order valence-electron chi connectivity index (χ1n) is 7.67. The summed E-state index contributed by atoms with van der Waals surface area (Å²) >= 11 is 0. The minimum Gasteiger partial charge on any atom is -0.493 e. The first-order chi connectivity index (χ1) is 9.19. The van der Waals surface area contributed by atoms with Crippen LogP contribution in [0.4, 0.5) is 0 Å². The topological polar surface area (TPSA) is 21.3 Å². The van der Waals surface area contributed by atoms with Gasteiger partial charge in [-0.05, 0) is 55.8 Å². The predicted octanol–water partition coefficient (Wildman–Crippen LogP) is 3.58. The number of ether oxygens (including phenoxy) is 1. The quantitative estimate of drug-likeness (QED) is 0.810. The second-order valence-corrected chi connectivity index (χ2v) is 5.88. The third kappa shape index (κ3) is 4.24. The second kappa shape index (κ2) is 6.95. The molecule has 106 valence electrons. The highest BCUT2D eigenvalue weighted by atomic mass is 16.5. The fourth-order valence-electron chi connectivity index (χ4n) is 2.96. The molecule has 1 aromatic carbocycles. The van der Waals surface area contributed by atoms with E-state index in [2.05, 4.69) is 44.3 Å². The van der Waals surface area contributed by atoms with Crippen molar-refractivity contribution in [1.29, 1.82) is 0 Å². The van der Waals surface area contributed by atoms with Crippen LogP contribution >= 0.6 is 0 Å². The zero-order chi connectivity index (χ0) is 13.7. The van der Waals surface area contributed by atoms with Crippen molar-refractivity contribution in [3.05, 3.63) is 29.3 Å². The van der Waals surface area contributed by atoms with E-state index in [4.69, 9.17) is 4.74 Å². The smallest absolute Gasteiger partial charge is 0.122 e. The largest absolute Gasteiger partial charge is 0.493 e. The Labute approximate surface area is 117 Å². The summed E-state index contributed by atoms with van der Waals surface area (Å²) in [6.45, 7) is 8.75. The number of aryl methyl sites for hydroxylation is 1. The van der Waals surface area contributed by atoms with E-state index < -0.39 is 0 Å². The number of benzene rings is 1. The van der Waals surface area contributed by atoms with Crippen molar-refractivity contribution in [3.8, 4) is 5.75 Å². The van der Waals surface area contributed by atoms with Crippen LogP contribution < -0.4 is 10.1 Å². The van der Waals surface area contributed by atoms with Gasteiger partial charge in [0.1, 0.15) is 5.75 Å². The maximum Gasteiger partial charge on any atom is 0.122 e. The number of hydrogen-bond acceptors (Lipinski definition) is 2. The van der Waals surface area contributed by atoms with Crippen LogP contribution in [0.2, 0.25) is 0 Å². The van der Waals surface area contributed by atoms with Crippen molar-refractivity contribution in [2.75, 3.05) is 13.2 Å². The molecule has 0 radical (unpaired) electrons. The van der Waals surface area contributed by atoms with E-state index in [1.165, 1.54) is 30.4 Å². The standard InChI is InChI=1S/C17H27NO/c1-4-18-14(3)11-13(2)5-6-15-7-8-17-16(12-15)9-10-19-17/h7-8,12-14,18H,4-6,9-11H2,1-3H3. The highest BCUT2D eigenvalue weighted by Crippen LogP contribution is 2.26. The van der Waals surface area contributed by atoms with Crippen LogP contribution in [-0.2, 0) is 12.8 Å². The van der Waals surface area contributed by atoms with Gasteiger partial charge in [0.15, 0.2) is 0 Å². The summed E-state index contributed by atoms with van der Waals surface area (Å²) in [5, 5.41) is 3.49. The van der Waals surface area contributed by atoms with Gasteiger partial charge in [-0.3, -0.25) is 0 Å². The van der Waals surface area contributed by atoms with E-state index in [1.54, 1.807) is 0 Å². The highest BCUT2D eigenvalue weighted by molar-refractivity contribution is 5.39. The van der Waals surface area contributed by atoms with E-state index in [0.717, 1.165) is 31.2 Å². The Morgan fingerprint density at radius 3 is 2.95 bits per heavy atom. The molecule has 2 atom stereocenters. The predicted molar refractivity (Wildman–Crippen MR) is 80.9 cm³/mol. The number of rotatable bonds is 7. The molecule has 0 aromatic heterocycles. The van der Waals surface area contributed by atoms with Gasteiger partial charge in [0.2, 0.25) is 0 Å². The van der Waals surface area contributed by atoms with Crippen LogP contribution in [-0.4, -0.2) is 19.2 Å². The van der Waals surface area contributed by atoms with Gasteiger partial charge in [0, 0.05) is 12.5 Å². The molecule has 0 spiro atoms. The molecule has 1 aliphatic heterocycles. The molecule has 0 aliphatic carbocycles. The number of hydrogen-bond donors (Lipinski definition) is 1. The minimum atomic E-state index is 0.633. The van der Waals surface area contributed by atoms with E-state index in [0.29, 0.717) is 6.04 Å². The normalized spacial score (nSPS) is 16.8. The summed E-state index contributed by atoms with van der Waals surface area (Å²) in [6.07, 6.45) is 4.81. The SMILES string of the molecule is CCNC(C)CC(C)CCc1ccc2c(c1)CCO2. The van der Waals surface area contributed by atoms with Crippen molar-refractivity contribution in [2.45, 2.75) is 52.5 Å². The molecule has 2 heteroatoms. The molecule has 1 aromatic rings. The lowest BCUT2D eigenvalue weighted by Gasteiger charge is -2.18. The molecular formula is C17H27NO. The first kappa shape index (κ1) is 14.4. The Morgan fingerprint density at radius 2 is 2.16 bits per heavy atom. The minimum absolute atomic E-state index is 0.633. The van der Waals surface area contributed by atoms with E-state index in [1.807, 2.05) is 0 Å². The van der Waals surface area contributed by atoms with Gasteiger partial charge >= 0.3 is 0 Å². The van der Waals surface area contributed by atoms with Crippen molar-refractivity contribution >= 4 is 0 Å². The monoisotopic (exact) mass is 261 g/mol. The maximum absolute atomic E-state index is 5.55. The number of fused-ring (bicyclic) bond motifs is 1. The summed E-state index contributed by atoms with van der Waals surface area (Å²) in [5.74, 6) is 1.87. The van der Waals surface area contributed by atoms with Gasteiger partial charge in [0.05, 0.1) is 6.61 Å². The molecule has 2 nitrogen and oxygen atoms in total. The summed E-state index contributed by atoms with van der Waals surface area (Å²) in [4.78, 5) is 0. The molecule has 19 heavy (non-hydrogen) atoms. The molecule has 1 N–H and O–H groups in total. The van der Waals surface area contributed by atoms with Crippen LogP contribution in [0.5, 0.6) is 5.75 Å². The summed E-state index contributed by atoms with van der Waals surface area (Å²) in [6, 6.07) is 7.34. The summed E-state index contributed by atoms with van der Waals surface area (Å²) in [7, 11) is 0. The van der Waals surface area contributed by atoms with Gasteiger partial charge in [-0.2, -0.15) is 0 Å². The van der Waals surface area contributed by atoms with E-state index in [9.17, 15) is 0 Å². The molecule has 1 heterocycles. The average molecular weight is 261 g/mol. The molecule has 0 bridgehead atoms. The van der Waals surface area contributed by atoms with Gasteiger partial charge in [-0.15, -0.1) is 0 Å². The van der Waals surface area contributed by atoms with Gasteiger partial charge < -0.3 is 10.1 Å². The fourth-order valence-corrected chi connectivity index (χ4v) is 2.96. The summed E-state index contributed by atoms with van der Waals surface area (Å²) < 4.78 is 5.55. The van der Waals surface area contributed by atoms with E-state index >= 15 is 0 Å². The molecule has 0 saturated carbocycles. The van der Waals surface area contributed by atoms with E-state index in [-0.39, 0.29) is 0 Å². The van der Waals surface area contributed by atoms with Crippen molar-refractivity contribution < 1.29 is 4.74 Å². The van der Waals surface area contributed by atoms with Gasteiger partial charge in [0.25, 0.3) is 0 Å². The molecular weight excluding hydrogens is 234 g/mol. The molecule has 0 amide bonds. The Balaban J connectivity index is 1.78. The Morgan fingerprint density at radius 1 is 1.32 bits per heavy atom. The Kier molecular flexibility index (Phi) is 5.26. The second-order valence-electron chi connectivity index (χ2n) is 5.88. The molecule has 1 aliphatic rings. The van der Waals surface area contributed by atoms with Crippen molar-refractivity contribution in [1.82, 2.24) is 5.32 Å². The zero-order valence-corrected chi connectivity index (χ0v) is 12.5. The third-order valence-corrected chi connectivity index (χ3v) is 3.99. The number of nitrogens with one attached hydrogen (secondary N) is 1. The molecule has 0 fully saturated rings. The summed E-state index contributed by atoms with van der Waals surface area (Å²) in [5.41, 5.74) is 2.86. The Bertz CT molecular complexity index is 402. The van der Waals surface area contributed by atoms with Crippen molar-refractivity contribution in [3.63, 3.8) is 0 Å². The highest BCUT2D eigenvalue weighted by Gasteiger charge is 2.13. The maximum atomic E-state index is 5.55. The fraction of sp³-hybridized carbons (Fsp3) is 0.647. The zero-order valence-electron chi connectivity index (χ0n) is 12.5. The lowest BCUT2D eigenvalue weighted by molar-refractivity contribution is 0.357. The van der Waals surface area contributed by atoms with Gasteiger partial charge in [-0.25, -0.2) is 0 Å². The van der Waals surface area contributed by atoms with Crippen LogP contribution in [0.15, 0.2) is 18.2 Å². The van der Waals surface area contributed by atoms with Gasteiger partial charge in [-0.1, -0.05) is 26.0 Å².